The van der Waals surface area contributed by atoms with Gasteiger partial charge in [0.1, 0.15) is 0 Å². The van der Waals surface area contributed by atoms with Gasteiger partial charge in [-0.3, -0.25) is 9.59 Å². The third kappa shape index (κ3) is 3.26. The van der Waals surface area contributed by atoms with Crippen LogP contribution in [0.15, 0.2) is 24.4 Å². The summed E-state index contributed by atoms with van der Waals surface area (Å²) in [6.45, 7) is 6.35. The third-order valence-corrected chi connectivity index (χ3v) is 4.72. The number of aromatic nitrogens is 3. The molecule has 2 aromatic rings. The lowest BCUT2D eigenvalue weighted by molar-refractivity contribution is -0.150. The van der Waals surface area contributed by atoms with Gasteiger partial charge in [-0.05, 0) is 51.8 Å². The van der Waals surface area contributed by atoms with Gasteiger partial charge in [-0.2, -0.15) is 5.10 Å². The van der Waals surface area contributed by atoms with E-state index in [4.69, 9.17) is 0 Å². The summed E-state index contributed by atoms with van der Waals surface area (Å²) in [5, 5.41) is 13.8. The van der Waals surface area contributed by atoms with E-state index in [2.05, 4.69) is 10.1 Å². The molecule has 3 rings (SSSR count). The smallest absolute Gasteiger partial charge is 0.311 e. The van der Waals surface area contributed by atoms with E-state index in [-0.39, 0.29) is 12.5 Å². The van der Waals surface area contributed by atoms with E-state index in [0.29, 0.717) is 30.8 Å². The van der Waals surface area contributed by atoms with Gasteiger partial charge in [0.2, 0.25) is 0 Å². The molecule has 1 aliphatic heterocycles. The number of nitrogens with zero attached hydrogens (tertiary/aromatic N) is 4. The molecule has 25 heavy (non-hydrogen) atoms. The van der Waals surface area contributed by atoms with Crippen LogP contribution in [0.5, 0.6) is 0 Å². The topological polar surface area (TPSA) is 88.3 Å². The Labute approximate surface area is 146 Å². The zero-order valence-electron chi connectivity index (χ0n) is 14.7. The molecule has 2 aromatic heterocycles. The number of carboxylic acid groups (broad SMARTS) is 1. The molecule has 0 aromatic carbocycles. The number of likely N-dealkylation sites (tertiary alicyclic amines) is 1. The summed E-state index contributed by atoms with van der Waals surface area (Å²) in [7, 11) is 0. The Morgan fingerprint density at radius 2 is 2.04 bits per heavy atom. The van der Waals surface area contributed by atoms with E-state index < -0.39 is 11.4 Å². The first-order valence-electron chi connectivity index (χ1n) is 8.32. The average molecular weight is 342 g/mol. The lowest BCUT2D eigenvalue weighted by Crippen LogP contribution is -2.48. The molecule has 0 aliphatic carbocycles. The number of piperidine rings is 1. The van der Waals surface area contributed by atoms with Crippen molar-refractivity contribution >= 4 is 11.9 Å². The number of carboxylic acids is 1. The van der Waals surface area contributed by atoms with Crippen LogP contribution in [0.1, 0.15) is 41.5 Å². The van der Waals surface area contributed by atoms with E-state index in [9.17, 15) is 14.7 Å². The number of hydrogen-bond donors (Lipinski definition) is 1. The molecule has 1 unspecified atom stereocenters. The van der Waals surface area contributed by atoms with Crippen molar-refractivity contribution in [3.63, 3.8) is 0 Å². The van der Waals surface area contributed by atoms with Gasteiger partial charge in [0.15, 0.2) is 5.82 Å². The molecule has 1 N–H and O–H groups in total. The zero-order chi connectivity index (χ0) is 18.2. The number of amides is 1. The predicted octanol–water partition coefficient (Wildman–Crippen LogP) is 2.21. The highest BCUT2D eigenvalue weighted by molar-refractivity contribution is 5.94. The standard InChI is InChI=1S/C18H22N4O3/c1-12-9-13(2)22(20-12)15-6-5-14(10-19-15)16(23)21-8-4-7-18(3,11-21)17(24)25/h5-6,9-10H,4,7-8,11H2,1-3H3,(H,24,25). The molecule has 132 valence electrons. The maximum atomic E-state index is 12.7. The SMILES string of the molecule is Cc1cc(C)n(-c2ccc(C(=O)N3CCCC(C)(C(=O)O)C3)cn2)n1. The molecule has 0 bridgehead atoms. The normalized spacial score (nSPS) is 20.5. The van der Waals surface area contributed by atoms with Gasteiger partial charge in [-0.15, -0.1) is 0 Å². The van der Waals surface area contributed by atoms with Crippen LogP contribution in [-0.4, -0.2) is 49.7 Å². The van der Waals surface area contributed by atoms with E-state index >= 15 is 0 Å². The minimum absolute atomic E-state index is 0.181. The first kappa shape index (κ1) is 17.1. The Hall–Kier alpha value is -2.70. The first-order valence-corrected chi connectivity index (χ1v) is 8.32. The van der Waals surface area contributed by atoms with Crippen molar-refractivity contribution in [3.05, 3.63) is 41.3 Å². The summed E-state index contributed by atoms with van der Waals surface area (Å²) in [5.74, 6) is -0.390. The van der Waals surface area contributed by atoms with Crippen molar-refractivity contribution in [2.24, 2.45) is 5.41 Å². The van der Waals surface area contributed by atoms with Gasteiger partial charge in [-0.25, -0.2) is 9.67 Å². The maximum absolute atomic E-state index is 12.7. The maximum Gasteiger partial charge on any atom is 0.311 e. The molecule has 1 amide bonds. The second-order valence-electron chi connectivity index (χ2n) is 6.94. The van der Waals surface area contributed by atoms with Crippen molar-refractivity contribution < 1.29 is 14.7 Å². The molecule has 1 aliphatic rings. The highest BCUT2D eigenvalue weighted by Crippen LogP contribution is 2.30. The number of aryl methyl sites for hydroxylation is 2. The van der Waals surface area contributed by atoms with Gasteiger partial charge in [0, 0.05) is 25.0 Å². The van der Waals surface area contributed by atoms with Gasteiger partial charge < -0.3 is 10.0 Å². The minimum Gasteiger partial charge on any atom is -0.481 e. The fraction of sp³-hybridized carbons (Fsp3) is 0.444. The van der Waals surface area contributed by atoms with E-state index in [0.717, 1.165) is 11.4 Å². The molecule has 0 radical (unpaired) electrons. The highest BCUT2D eigenvalue weighted by Gasteiger charge is 2.39. The van der Waals surface area contributed by atoms with Crippen molar-refractivity contribution in [3.8, 4) is 5.82 Å². The lowest BCUT2D eigenvalue weighted by atomic mass is 9.82. The van der Waals surface area contributed by atoms with Gasteiger partial charge in [0.25, 0.3) is 5.91 Å². The summed E-state index contributed by atoms with van der Waals surface area (Å²) in [6, 6.07) is 5.43. The number of hydrogen-bond acceptors (Lipinski definition) is 4. The third-order valence-electron chi connectivity index (χ3n) is 4.72. The molecule has 3 heterocycles. The second-order valence-corrected chi connectivity index (χ2v) is 6.94. The van der Waals surface area contributed by atoms with Crippen LogP contribution in [0.2, 0.25) is 0 Å². The average Bonchev–Trinajstić information content (AvgIpc) is 2.92. The molecule has 7 heteroatoms. The Kier molecular flexibility index (Phi) is 4.32. The molecule has 1 atom stereocenters. The van der Waals surface area contributed by atoms with Crippen molar-refractivity contribution in [1.29, 1.82) is 0 Å². The van der Waals surface area contributed by atoms with E-state index in [1.165, 1.54) is 6.20 Å². The van der Waals surface area contributed by atoms with Gasteiger partial charge in [0.05, 0.1) is 16.7 Å². The number of aliphatic carboxylic acids is 1. The summed E-state index contributed by atoms with van der Waals surface area (Å²) >= 11 is 0. The van der Waals surface area contributed by atoms with Crippen LogP contribution < -0.4 is 0 Å². The summed E-state index contributed by atoms with van der Waals surface area (Å²) in [4.78, 5) is 30.1. The predicted molar refractivity (Wildman–Crippen MR) is 91.7 cm³/mol. The van der Waals surface area contributed by atoms with Gasteiger partial charge in [-0.1, -0.05) is 0 Å². The van der Waals surface area contributed by atoms with Crippen LogP contribution in [0.4, 0.5) is 0 Å². The van der Waals surface area contributed by atoms with E-state index in [1.807, 2.05) is 19.9 Å². The Bertz CT molecular complexity index is 812. The van der Waals surface area contributed by atoms with Crippen molar-refractivity contribution in [1.82, 2.24) is 19.7 Å². The van der Waals surface area contributed by atoms with Gasteiger partial charge >= 0.3 is 5.97 Å². The molecule has 0 saturated carbocycles. The lowest BCUT2D eigenvalue weighted by Gasteiger charge is -2.37. The van der Waals surface area contributed by atoms with Crippen LogP contribution in [0.25, 0.3) is 5.82 Å². The molecule has 1 fully saturated rings. The Balaban J connectivity index is 1.79. The molecular formula is C18H22N4O3. The summed E-state index contributed by atoms with van der Waals surface area (Å²) in [5.41, 5.74) is 1.45. The molecule has 1 saturated heterocycles. The molecule has 0 spiro atoms. The van der Waals surface area contributed by atoms with Crippen molar-refractivity contribution in [2.75, 3.05) is 13.1 Å². The largest absolute Gasteiger partial charge is 0.481 e. The molecule has 7 nitrogen and oxygen atoms in total. The summed E-state index contributed by atoms with van der Waals surface area (Å²) < 4.78 is 1.73. The van der Waals surface area contributed by atoms with Crippen molar-refractivity contribution in [2.45, 2.75) is 33.6 Å². The number of carbonyl (C=O) groups is 2. The Morgan fingerprint density at radius 1 is 1.28 bits per heavy atom. The Morgan fingerprint density at radius 3 is 2.60 bits per heavy atom. The second kappa shape index (κ2) is 6.31. The van der Waals surface area contributed by atoms with Crippen LogP contribution in [0.3, 0.4) is 0 Å². The number of carbonyl (C=O) groups excluding carboxylic acids is 1. The number of pyridine rings is 1. The highest BCUT2D eigenvalue weighted by atomic mass is 16.4. The van der Waals surface area contributed by atoms with E-state index in [1.54, 1.807) is 28.6 Å². The monoisotopic (exact) mass is 342 g/mol. The fourth-order valence-corrected chi connectivity index (χ4v) is 3.27. The fourth-order valence-electron chi connectivity index (χ4n) is 3.27. The minimum atomic E-state index is -0.884. The van der Waals surface area contributed by atoms with Crippen LogP contribution in [-0.2, 0) is 4.79 Å². The first-order chi connectivity index (χ1) is 11.8. The zero-order valence-corrected chi connectivity index (χ0v) is 14.7. The van der Waals surface area contributed by atoms with Crippen LogP contribution in [0, 0.1) is 19.3 Å². The summed E-state index contributed by atoms with van der Waals surface area (Å²) in [6.07, 6.45) is 2.80. The number of rotatable bonds is 3. The van der Waals surface area contributed by atoms with Crippen LogP contribution >= 0.6 is 0 Å². The molecular weight excluding hydrogens is 320 g/mol. The quantitative estimate of drug-likeness (QED) is 0.924.